The highest BCUT2D eigenvalue weighted by Crippen LogP contribution is 2.20. The van der Waals surface area contributed by atoms with E-state index in [-0.39, 0.29) is 0 Å². The van der Waals surface area contributed by atoms with Crippen LogP contribution in [0.15, 0.2) is 30.3 Å². The van der Waals surface area contributed by atoms with E-state index in [1.165, 1.54) is 0 Å². The summed E-state index contributed by atoms with van der Waals surface area (Å²) in [5.41, 5.74) is 8.96. The molecule has 1 aromatic carbocycles. The van der Waals surface area contributed by atoms with Gasteiger partial charge in [-0.15, -0.1) is 0 Å². The number of aromatic nitrogens is 2. The lowest BCUT2D eigenvalue weighted by atomic mass is 10.1. The fourth-order valence-electron chi connectivity index (χ4n) is 1.64. The van der Waals surface area contributed by atoms with E-state index < -0.39 is 0 Å². The number of rotatable bonds is 2. The van der Waals surface area contributed by atoms with Crippen molar-refractivity contribution >= 4 is 5.82 Å². The van der Waals surface area contributed by atoms with Crippen LogP contribution in [0.1, 0.15) is 18.2 Å². The molecule has 0 saturated heterocycles. The smallest absolute Gasteiger partial charge is 0.162 e. The van der Waals surface area contributed by atoms with Gasteiger partial charge in [0.15, 0.2) is 5.82 Å². The van der Waals surface area contributed by atoms with Crippen LogP contribution < -0.4 is 5.73 Å². The van der Waals surface area contributed by atoms with E-state index in [0.717, 1.165) is 29.1 Å². The molecule has 0 atom stereocenters. The average Bonchev–Trinajstić information content (AvgIpc) is 2.28. The minimum Gasteiger partial charge on any atom is -0.384 e. The van der Waals surface area contributed by atoms with Crippen molar-refractivity contribution in [2.24, 2.45) is 0 Å². The standard InChI is InChI=1S/C13H15N3/c1-3-10-8-12(14)16-13(15-10)11-7-5-4-6-9(11)2/h4-8H,3H2,1-2H3,(H2,14,15,16). The molecule has 82 valence electrons. The number of nitrogens with two attached hydrogens (primary N) is 1. The topological polar surface area (TPSA) is 51.8 Å². The number of hydrogen-bond donors (Lipinski definition) is 1. The van der Waals surface area contributed by atoms with Gasteiger partial charge in [-0.1, -0.05) is 31.2 Å². The highest BCUT2D eigenvalue weighted by atomic mass is 14.9. The third-order valence-corrected chi connectivity index (χ3v) is 2.55. The van der Waals surface area contributed by atoms with Gasteiger partial charge in [-0.05, 0) is 18.9 Å². The van der Waals surface area contributed by atoms with Gasteiger partial charge >= 0.3 is 0 Å². The third-order valence-electron chi connectivity index (χ3n) is 2.55. The Bertz CT molecular complexity index is 506. The Labute approximate surface area is 95.4 Å². The molecule has 0 unspecified atom stereocenters. The highest BCUT2D eigenvalue weighted by molar-refractivity contribution is 5.61. The predicted molar refractivity (Wildman–Crippen MR) is 66.0 cm³/mol. The van der Waals surface area contributed by atoms with E-state index in [1.807, 2.05) is 37.3 Å². The maximum absolute atomic E-state index is 5.77. The highest BCUT2D eigenvalue weighted by Gasteiger charge is 2.06. The molecule has 2 aromatic rings. The van der Waals surface area contributed by atoms with Crippen LogP contribution >= 0.6 is 0 Å². The first kappa shape index (κ1) is 10.6. The minimum atomic E-state index is 0.533. The second-order valence-electron chi connectivity index (χ2n) is 3.78. The summed E-state index contributed by atoms with van der Waals surface area (Å²) in [5, 5.41) is 0. The molecule has 0 spiro atoms. The zero-order chi connectivity index (χ0) is 11.5. The summed E-state index contributed by atoms with van der Waals surface area (Å²) in [6.45, 7) is 4.11. The van der Waals surface area contributed by atoms with Crippen LogP contribution in [0, 0.1) is 6.92 Å². The van der Waals surface area contributed by atoms with Crippen molar-refractivity contribution in [3.05, 3.63) is 41.6 Å². The molecule has 1 heterocycles. The molecule has 0 aliphatic carbocycles. The van der Waals surface area contributed by atoms with Crippen molar-refractivity contribution in [2.45, 2.75) is 20.3 Å². The molecule has 0 radical (unpaired) electrons. The predicted octanol–water partition coefficient (Wildman–Crippen LogP) is 2.60. The molecular formula is C13H15N3. The van der Waals surface area contributed by atoms with E-state index in [0.29, 0.717) is 5.82 Å². The normalized spacial score (nSPS) is 10.4. The molecule has 0 bridgehead atoms. The zero-order valence-corrected chi connectivity index (χ0v) is 9.57. The summed E-state index contributed by atoms with van der Waals surface area (Å²) < 4.78 is 0. The van der Waals surface area contributed by atoms with Crippen molar-refractivity contribution in [2.75, 3.05) is 5.73 Å². The van der Waals surface area contributed by atoms with E-state index in [4.69, 9.17) is 5.73 Å². The van der Waals surface area contributed by atoms with Crippen molar-refractivity contribution in [3.63, 3.8) is 0 Å². The number of benzene rings is 1. The van der Waals surface area contributed by atoms with Crippen LogP contribution in [-0.4, -0.2) is 9.97 Å². The zero-order valence-electron chi connectivity index (χ0n) is 9.57. The Kier molecular flexibility index (Phi) is 2.86. The summed E-state index contributed by atoms with van der Waals surface area (Å²) in [6, 6.07) is 9.88. The molecule has 0 aliphatic heterocycles. The van der Waals surface area contributed by atoms with Gasteiger partial charge in [0, 0.05) is 17.3 Å². The second-order valence-corrected chi connectivity index (χ2v) is 3.78. The summed E-state index contributed by atoms with van der Waals surface area (Å²) >= 11 is 0. The van der Waals surface area contributed by atoms with Crippen molar-refractivity contribution in [1.29, 1.82) is 0 Å². The molecule has 3 heteroatoms. The molecule has 1 aromatic heterocycles. The molecule has 2 N–H and O–H groups in total. The van der Waals surface area contributed by atoms with E-state index in [2.05, 4.69) is 16.9 Å². The van der Waals surface area contributed by atoms with E-state index >= 15 is 0 Å². The van der Waals surface area contributed by atoms with Crippen LogP contribution in [0.25, 0.3) is 11.4 Å². The summed E-state index contributed by atoms with van der Waals surface area (Å²) in [5.74, 6) is 1.25. The van der Waals surface area contributed by atoms with E-state index in [9.17, 15) is 0 Å². The Morgan fingerprint density at radius 3 is 2.62 bits per heavy atom. The van der Waals surface area contributed by atoms with Crippen LogP contribution in [0.2, 0.25) is 0 Å². The van der Waals surface area contributed by atoms with Gasteiger partial charge in [-0.3, -0.25) is 0 Å². The van der Waals surface area contributed by atoms with Crippen LogP contribution in [0.5, 0.6) is 0 Å². The first-order valence-electron chi connectivity index (χ1n) is 5.40. The molecule has 0 aliphatic rings. The Morgan fingerprint density at radius 2 is 1.94 bits per heavy atom. The van der Waals surface area contributed by atoms with Gasteiger partial charge in [0.25, 0.3) is 0 Å². The lowest BCUT2D eigenvalue weighted by Crippen LogP contribution is -2.00. The number of anilines is 1. The Morgan fingerprint density at radius 1 is 1.19 bits per heavy atom. The number of nitrogen functional groups attached to an aromatic ring is 1. The number of hydrogen-bond acceptors (Lipinski definition) is 3. The van der Waals surface area contributed by atoms with Crippen molar-refractivity contribution in [3.8, 4) is 11.4 Å². The number of nitrogens with zero attached hydrogens (tertiary/aromatic N) is 2. The van der Waals surface area contributed by atoms with Gasteiger partial charge in [0.2, 0.25) is 0 Å². The van der Waals surface area contributed by atoms with Crippen LogP contribution in [-0.2, 0) is 6.42 Å². The van der Waals surface area contributed by atoms with Gasteiger partial charge in [-0.25, -0.2) is 9.97 Å². The van der Waals surface area contributed by atoms with Crippen molar-refractivity contribution in [1.82, 2.24) is 9.97 Å². The SMILES string of the molecule is CCc1cc(N)nc(-c2ccccc2C)n1. The Hall–Kier alpha value is -1.90. The van der Waals surface area contributed by atoms with Gasteiger partial charge in [-0.2, -0.15) is 0 Å². The molecule has 2 rings (SSSR count). The molecule has 0 amide bonds. The third kappa shape index (κ3) is 2.03. The maximum Gasteiger partial charge on any atom is 0.162 e. The summed E-state index contributed by atoms with van der Waals surface area (Å²) in [6.07, 6.45) is 0.867. The number of aryl methyl sites for hydroxylation is 2. The second kappa shape index (κ2) is 4.31. The van der Waals surface area contributed by atoms with Crippen LogP contribution in [0.3, 0.4) is 0 Å². The van der Waals surface area contributed by atoms with E-state index in [1.54, 1.807) is 0 Å². The molecule has 0 saturated carbocycles. The van der Waals surface area contributed by atoms with Gasteiger partial charge < -0.3 is 5.73 Å². The molecule has 0 fully saturated rings. The summed E-state index contributed by atoms with van der Waals surface area (Å²) in [7, 11) is 0. The van der Waals surface area contributed by atoms with Crippen LogP contribution in [0.4, 0.5) is 5.82 Å². The van der Waals surface area contributed by atoms with Gasteiger partial charge in [0.05, 0.1) is 0 Å². The molecule has 3 nitrogen and oxygen atoms in total. The van der Waals surface area contributed by atoms with Gasteiger partial charge in [0.1, 0.15) is 5.82 Å². The minimum absolute atomic E-state index is 0.533. The maximum atomic E-state index is 5.77. The first-order valence-corrected chi connectivity index (χ1v) is 5.40. The lowest BCUT2D eigenvalue weighted by Gasteiger charge is -2.06. The lowest BCUT2D eigenvalue weighted by molar-refractivity contribution is 1.01. The van der Waals surface area contributed by atoms with Crippen molar-refractivity contribution < 1.29 is 0 Å². The average molecular weight is 213 g/mol. The molecule has 16 heavy (non-hydrogen) atoms. The quantitative estimate of drug-likeness (QED) is 0.834. The Balaban J connectivity index is 2.56. The fourth-order valence-corrected chi connectivity index (χ4v) is 1.64. The monoisotopic (exact) mass is 213 g/mol. The summed E-state index contributed by atoms with van der Waals surface area (Å²) in [4.78, 5) is 8.77. The first-order chi connectivity index (χ1) is 7.70. The molecular weight excluding hydrogens is 198 g/mol. The largest absolute Gasteiger partial charge is 0.384 e. The fraction of sp³-hybridized carbons (Fsp3) is 0.231.